The zero-order valence-corrected chi connectivity index (χ0v) is 13.9. The molecule has 2 rings (SSSR count). The van der Waals surface area contributed by atoms with E-state index in [2.05, 4.69) is 46.4 Å². The molecule has 1 aliphatic heterocycles. The van der Waals surface area contributed by atoms with Crippen LogP contribution in [0.2, 0.25) is 0 Å². The topological polar surface area (TPSA) is 32.3 Å². The van der Waals surface area contributed by atoms with Gasteiger partial charge in [-0.15, -0.1) is 0 Å². The van der Waals surface area contributed by atoms with Gasteiger partial charge in [0.2, 0.25) is 5.91 Å². The maximum absolute atomic E-state index is 12.1. The third-order valence-electron chi connectivity index (χ3n) is 4.04. The van der Waals surface area contributed by atoms with E-state index in [-0.39, 0.29) is 5.91 Å². The van der Waals surface area contributed by atoms with E-state index in [0.717, 1.165) is 30.4 Å². The summed E-state index contributed by atoms with van der Waals surface area (Å²) in [6.45, 7) is 3.95. The largest absolute Gasteiger partial charge is 0.345 e. The zero-order chi connectivity index (χ0) is 14.5. The van der Waals surface area contributed by atoms with Gasteiger partial charge in [-0.2, -0.15) is 0 Å². The molecule has 1 unspecified atom stereocenters. The first kappa shape index (κ1) is 15.5. The van der Waals surface area contributed by atoms with Crippen molar-refractivity contribution in [1.29, 1.82) is 0 Å². The Balaban J connectivity index is 1.83. The molecule has 1 aromatic rings. The summed E-state index contributed by atoms with van der Waals surface area (Å²) < 4.78 is 1.10. The molecule has 0 aliphatic carbocycles. The zero-order valence-electron chi connectivity index (χ0n) is 12.3. The van der Waals surface area contributed by atoms with Crippen LogP contribution < -0.4 is 5.32 Å². The molecule has 20 heavy (non-hydrogen) atoms. The van der Waals surface area contributed by atoms with Gasteiger partial charge in [0.05, 0.1) is 0 Å². The average molecular weight is 339 g/mol. The van der Waals surface area contributed by atoms with Crippen LogP contribution in [0.1, 0.15) is 30.4 Å². The SMILES string of the molecule is Cc1ccc(Br)cc1CCN(C)C(=O)CC1CCCN1. The maximum Gasteiger partial charge on any atom is 0.223 e. The lowest BCUT2D eigenvalue weighted by atomic mass is 10.1. The lowest BCUT2D eigenvalue weighted by Crippen LogP contribution is -2.34. The second-order valence-electron chi connectivity index (χ2n) is 5.63. The standard InChI is InChI=1S/C16H23BrN2O/c1-12-5-6-14(17)10-13(12)7-9-19(2)16(20)11-15-4-3-8-18-15/h5-6,10,15,18H,3-4,7-9,11H2,1-2H3. The predicted octanol–water partition coefficient (Wildman–Crippen LogP) is 2.90. The Morgan fingerprint density at radius 1 is 1.50 bits per heavy atom. The van der Waals surface area contributed by atoms with Crippen molar-refractivity contribution < 1.29 is 4.79 Å². The van der Waals surface area contributed by atoms with Crippen molar-refractivity contribution in [2.24, 2.45) is 0 Å². The van der Waals surface area contributed by atoms with Crippen molar-refractivity contribution >= 4 is 21.8 Å². The van der Waals surface area contributed by atoms with E-state index in [1.54, 1.807) is 0 Å². The number of halogens is 1. The van der Waals surface area contributed by atoms with E-state index >= 15 is 0 Å². The quantitative estimate of drug-likeness (QED) is 0.895. The smallest absolute Gasteiger partial charge is 0.223 e. The summed E-state index contributed by atoms with van der Waals surface area (Å²) in [5.41, 5.74) is 2.59. The third-order valence-corrected chi connectivity index (χ3v) is 4.53. The molecule has 1 heterocycles. The van der Waals surface area contributed by atoms with Crippen molar-refractivity contribution in [2.75, 3.05) is 20.1 Å². The van der Waals surface area contributed by atoms with Crippen LogP contribution in [0.4, 0.5) is 0 Å². The first-order chi connectivity index (χ1) is 9.56. The summed E-state index contributed by atoms with van der Waals surface area (Å²) >= 11 is 3.50. The minimum absolute atomic E-state index is 0.247. The molecule has 1 fully saturated rings. The Bertz CT molecular complexity index is 470. The Morgan fingerprint density at radius 2 is 2.30 bits per heavy atom. The molecule has 1 aromatic carbocycles. The highest BCUT2D eigenvalue weighted by Gasteiger charge is 2.19. The number of amides is 1. The minimum atomic E-state index is 0.247. The molecule has 0 radical (unpaired) electrons. The van der Waals surface area contributed by atoms with Crippen molar-refractivity contribution in [2.45, 2.75) is 38.6 Å². The van der Waals surface area contributed by atoms with Crippen LogP contribution in [0.25, 0.3) is 0 Å². The minimum Gasteiger partial charge on any atom is -0.345 e. The van der Waals surface area contributed by atoms with Gasteiger partial charge in [0.15, 0.2) is 0 Å². The van der Waals surface area contributed by atoms with E-state index in [1.807, 2.05) is 11.9 Å². The van der Waals surface area contributed by atoms with Gasteiger partial charge in [-0.25, -0.2) is 0 Å². The highest BCUT2D eigenvalue weighted by atomic mass is 79.9. The van der Waals surface area contributed by atoms with Gasteiger partial charge < -0.3 is 10.2 Å². The average Bonchev–Trinajstić information content (AvgIpc) is 2.92. The molecule has 1 aliphatic rings. The van der Waals surface area contributed by atoms with E-state index in [9.17, 15) is 4.79 Å². The Kier molecular flexibility index (Phi) is 5.61. The summed E-state index contributed by atoms with van der Waals surface area (Å²) in [6.07, 6.45) is 3.86. The van der Waals surface area contributed by atoms with Gasteiger partial charge in [0.25, 0.3) is 0 Å². The highest BCUT2D eigenvalue weighted by Crippen LogP contribution is 2.17. The summed E-state index contributed by atoms with van der Waals surface area (Å²) in [7, 11) is 1.91. The molecular formula is C16H23BrN2O. The first-order valence-corrected chi connectivity index (χ1v) is 8.08. The number of carbonyl (C=O) groups is 1. The molecule has 1 N–H and O–H groups in total. The van der Waals surface area contributed by atoms with Crippen molar-refractivity contribution in [3.63, 3.8) is 0 Å². The fraction of sp³-hybridized carbons (Fsp3) is 0.562. The van der Waals surface area contributed by atoms with E-state index in [4.69, 9.17) is 0 Å². The molecule has 0 saturated carbocycles. The molecule has 110 valence electrons. The van der Waals surface area contributed by atoms with Gasteiger partial charge in [0, 0.05) is 30.5 Å². The number of rotatable bonds is 5. The van der Waals surface area contributed by atoms with E-state index in [0.29, 0.717) is 12.5 Å². The Hall–Kier alpha value is -0.870. The van der Waals surface area contributed by atoms with Crippen LogP contribution in [0, 0.1) is 6.92 Å². The maximum atomic E-state index is 12.1. The lowest BCUT2D eigenvalue weighted by molar-refractivity contribution is -0.130. The second-order valence-corrected chi connectivity index (χ2v) is 6.55. The fourth-order valence-corrected chi connectivity index (χ4v) is 3.03. The lowest BCUT2D eigenvalue weighted by Gasteiger charge is -2.20. The molecule has 0 spiro atoms. The Labute approximate surface area is 129 Å². The predicted molar refractivity (Wildman–Crippen MR) is 85.9 cm³/mol. The summed E-state index contributed by atoms with van der Waals surface area (Å²) in [5.74, 6) is 0.247. The van der Waals surface area contributed by atoms with E-state index in [1.165, 1.54) is 17.5 Å². The van der Waals surface area contributed by atoms with E-state index < -0.39 is 0 Å². The third kappa shape index (κ3) is 4.32. The Morgan fingerprint density at radius 3 is 3.00 bits per heavy atom. The van der Waals surface area contributed by atoms with Crippen LogP contribution in [-0.2, 0) is 11.2 Å². The van der Waals surface area contributed by atoms with Crippen LogP contribution in [0.3, 0.4) is 0 Å². The molecule has 4 heteroatoms. The van der Waals surface area contributed by atoms with Gasteiger partial charge >= 0.3 is 0 Å². The molecular weight excluding hydrogens is 316 g/mol. The second kappa shape index (κ2) is 7.23. The molecule has 0 bridgehead atoms. The monoisotopic (exact) mass is 338 g/mol. The van der Waals surface area contributed by atoms with Crippen LogP contribution in [0.5, 0.6) is 0 Å². The number of likely N-dealkylation sites (N-methyl/N-ethyl adjacent to an activating group) is 1. The molecule has 1 saturated heterocycles. The number of hydrogen-bond donors (Lipinski definition) is 1. The van der Waals surface area contributed by atoms with Gasteiger partial charge in [0.1, 0.15) is 0 Å². The van der Waals surface area contributed by atoms with Gasteiger partial charge in [-0.3, -0.25) is 4.79 Å². The summed E-state index contributed by atoms with van der Waals surface area (Å²) in [5, 5.41) is 3.38. The number of hydrogen-bond acceptors (Lipinski definition) is 2. The highest BCUT2D eigenvalue weighted by molar-refractivity contribution is 9.10. The van der Waals surface area contributed by atoms with Gasteiger partial charge in [-0.1, -0.05) is 22.0 Å². The molecule has 0 aromatic heterocycles. The number of carbonyl (C=O) groups excluding carboxylic acids is 1. The van der Waals surface area contributed by atoms with Crippen LogP contribution in [0.15, 0.2) is 22.7 Å². The first-order valence-electron chi connectivity index (χ1n) is 7.28. The van der Waals surface area contributed by atoms with Crippen molar-refractivity contribution in [3.05, 3.63) is 33.8 Å². The fourth-order valence-electron chi connectivity index (χ4n) is 2.62. The number of nitrogens with zero attached hydrogens (tertiary/aromatic N) is 1. The van der Waals surface area contributed by atoms with Crippen molar-refractivity contribution in [3.8, 4) is 0 Å². The summed E-state index contributed by atoms with van der Waals surface area (Å²) in [6, 6.07) is 6.70. The summed E-state index contributed by atoms with van der Waals surface area (Å²) in [4.78, 5) is 14.0. The van der Waals surface area contributed by atoms with Crippen molar-refractivity contribution in [1.82, 2.24) is 10.2 Å². The van der Waals surface area contributed by atoms with Gasteiger partial charge in [-0.05, 0) is 56.0 Å². The molecule has 1 amide bonds. The normalized spacial score (nSPS) is 18.2. The van der Waals surface area contributed by atoms with Crippen LogP contribution in [-0.4, -0.2) is 37.0 Å². The van der Waals surface area contributed by atoms with Crippen LogP contribution >= 0.6 is 15.9 Å². The molecule has 3 nitrogen and oxygen atoms in total. The number of aryl methyl sites for hydroxylation is 1. The number of benzene rings is 1. The number of nitrogens with one attached hydrogen (secondary N) is 1. The molecule has 1 atom stereocenters.